The lowest BCUT2D eigenvalue weighted by atomic mass is 10.1. The maximum absolute atomic E-state index is 13.0. The molecule has 0 saturated heterocycles. The van der Waals surface area contributed by atoms with Crippen LogP contribution in [-0.4, -0.2) is 25.8 Å². The first-order valence-electron chi connectivity index (χ1n) is 10.2. The number of carbonyl (C=O) groups excluding carboxylic acids is 1. The van der Waals surface area contributed by atoms with Crippen molar-refractivity contribution in [2.75, 3.05) is 19.9 Å². The lowest BCUT2D eigenvalue weighted by Gasteiger charge is -2.18. The molecular formula is C22H35O4P. The van der Waals surface area contributed by atoms with Crippen molar-refractivity contribution in [3.63, 3.8) is 0 Å². The van der Waals surface area contributed by atoms with Crippen molar-refractivity contribution in [3.8, 4) is 5.75 Å². The Bertz CT molecular complexity index is 608. The van der Waals surface area contributed by atoms with Gasteiger partial charge < -0.3 is 9.26 Å². The fraction of sp³-hybridized carbons (Fsp3) is 0.636. The zero-order chi connectivity index (χ0) is 19.8. The molecule has 0 heterocycles. The quantitative estimate of drug-likeness (QED) is 0.198. The monoisotopic (exact) mass is 394 g/mol. The highest BCUT2D eigenvalue weighted by Gasteiger charge is 2.27. The molecule has 0 bridgehead atoms. The summed E-state index contributed by atoms with van der Waals surface area (Å²) in [5.74, 6) is 2.25. The Balaban J connectivity index is 2.33. The summed E-state index contributed by atoms with van der Waals surface area (Å²) < 4.78 is 24.1. The third kappa shape index (κ3) is 9.42. The van der Waals surface area contributed by atoms with Crippen molar-refractivity contribution < 1.29 is 18.6 Å². The van der Waals surface area contributed by atoms with Crippen LogP contribution in [0.15, 0.2) is 30.3 Å². The second kappa shape index (κ2) is 14.7. The van der Waals surface area contributed by atoms with Crippen molar-refractivity contribution in [2.45, 2.75) is 71.1 Å². The number of ether oxygens (including phenoxy) is 1. The average Bonchev–Trinajstić information content (AvgIpc) is 2.70. The van der Waals surface area contributed by atoms with E-state index >= 15 is 0 Å². The maximum Gasteiger partial charge on any atom is 0.239 e. The van der Waals surface area contributed by atoms with Crippen LogP contribution >= 0.6 is 7.37 Å². The Morgan fingerprint density at radius 2 is 1.56 bits per heavy atom. The molecule has 152 valence electrons. The average molecular weight is 394 g/mol. The van der Waals surface area contributed by atoms with Gasteiger partial charge in [-0.25, -0.2) is 4.79 Å². The van der Waals surface area contributed by atoms with E-state index in [4.69, 9.17) is 9.26 Å². The van der Waals surface area contributed by atoms with Crippen molar-refractivity contribution in [1.82, 2.24) is 0 Å². The van der Waals surface area contributed by atoms with E-state index in [-0.39, 0.29) is 6.16 Å². The first-order valence-corrected chi connectivity index (χ1v) is 12.1. The van der Waals surface area contributed by atoms with Gasteiger partial charge in [0.15, 0.2) is 0 Å². The van der Waals surface area contributed by atoms with Crippen LogP contribution in [0.25, 0.3) is 0 Å². The van der Waals surface area contributed by atoms with E-state index in [0.717, 1.165) is 12.8 Å². The van der Waals surface area contributed by atoms with Crippen LogP contribution in [0.2, 0.25) is 0 Å². The van der Waals surface area contributed by atoms with Gasteiger partial charge >= 0.3 is 0 Å². The minimum atomic E-state index is -3.13. The molecule has 0 radical (unpaired) electrons. The summed E-state index contributed by atoms with van der Waals surface area (Å²) in [5, 5.41) is 0.533. The van der Waals surface area contributed by atoms with Crippen LogP contribution < -0.4 is 10.0 Å². The SMILES string of the molecule is CCCCCCCCCCCCOc1ccccc1P(=O)(CC=C=O)OC. The molecule has 4 nitrogen and oxygen atoms in total. The molecule has 0 N–H and O–H groups in total. The number of unbranched alkanes of at least 4 members (excludes halogenated alkanes) is 9. The van der Waals surface area contributed by atoms with E-state index in [9.17, 15) is 9.36 Å². The Morgan fingerprint density at radius 1 is 0.963 bits per heavy atom. The minimum absolute atomic E-state index is 0.0334. The lowest BCUT2D eigenvalue weighted by molar-refractivity contribution is 0.305. The summed E-state index contributed by atoms with van der Waals surface area (Å²) in [6, 6.07) is 7.21. The van der Waals surface area contributed by atoms with Crippen LogP contribution in [0.1, 0.15) is 71.1 Å². The Labute approximate surface area is 164 Å². The zero-order valence-corrected chi connectivity index (χ0v) is 17.8. The van der Waals surface area contributed by atoms with Gasteiger partial charge in [0.2, 0.25) is 7.37 Å². The molecule has 0 spiro atoms. The summed E-state index contributed by atoms with van der Waals surface area (Å²) in [6.45, 7) is 2.84. The Morgan fingerprint density at radius 3 is 2.15 bits per heavy atom. The number of rotatable bonds is 16. The third-order valence-electron chi connectivity index (χ3n) is 4.70. The van der Waals surface area contributed by atoms with E-state index in [2.05, 4.69) is 6.92 Å². The Hall–Kier alpha value is -1.34. The first kappa shape index (κ1) is 23.7. The molecule has 1 aromatic carbocycles. The van der Waals surface area contributed by atoms with E-state index in [1.165, 1.54) is 64.6 Å². The summed E-state index contributed by atoms with van der Waals surface area (Å²) in [5.41, 5.74) is 0. The highest BCUT2D eigenvalue weighted by atomic mass is 31.2. The van der Waals surface area contributed by atoms with E-state index in [1.54, 1.807) is 18.1 Å². The molecule has 1 rings (SSSR count). The fourth-order valence-corrected chi connectivity index (χ4v) is 4.71. The van der Waals surface area contributed by atoms with Gasteiger partial charge in [-0.2, -0.15) is 0 Å². The molecule has 1 aromatic rings. The molecule has 0 saturated carbocycles. The van der Waals surface area contributed by atoms with Gasteiger partial charge in [0, 0.05) is 13.2 Å². The van der Waals surface area contributed by atoms with Crippen LogP contribution in [0.4, 0.5) is 0 Å². The molecule has 0 aliphatic carbocycles. The predicted molar refractivity (Wildman–Crippen MR) is 113 cm³/mol. The van der Waals surface area contributed by atoms with Gasteiger partial charge in [-0.05, 0) is 18.6 Å². The van der Waals surface area contributed by atoms with Gasteiger partial charge in [0.25, 0.3) is 0 Å². The molecule has 0 aliphatic rings. The highest BCUT2D eigenvalue weighted by Crippen LogP contribution is 2.47. The largest absolute Gasteiger partial charge is 0.493 e. The summed E-state index contributed by atoms with van der Waals surface area (Å²) in [4.78, 5) is 10.5. The molecule has 1 unspecified atom stereocenters. The molecule has 0 aromatic heterocycles. The van der Waals surface area contributed by atoms with Gasteiger partial charge in [-0.15, -0.1) is 0 Å². The number of hydrogen-bond acceptors (Lipinski definition) is 4. The summed E-state index contributed by atoms with van der Waals surface area (Å²) >= 11 is 0. The number of benzene rings is 1. The van der Waals surface area contributed by atoms with Crippen LogP contribution in [0, 0.1) is 0 Å². The normalized spacial score (nSPS) is 13.0. The molecule has 5 heteroatoms. The maximum atomic E-state index is 13.0. The van der Waals surface area contributed by atoms with Crippen molar-refractivity contribution in [3.05, 3.63) is 30.3 Å². The van der Waals surface area contributed by atoms with E-state index in [1.807, 2.05) is 12.1 Å². The molecule has 1 atom stereocenters. The van der Waals surface area contributed by atoms with E-state index in [0.29, 0.717) is 17.7 Å². The van der Waals surface area contributed by atoms with E-state index < -0.39 is 7.37 Å². The summed E-state index contributed by atoms with van der Waals surface area (Å²) in [6.07, 6.45) is 14.0. The minimum Gasteiger partial charge on any atom is -0.493 e. The Kier molecular flexibility index (Phi) is 12.9. The van der Waals surface area contributed by atoms with Gasteiger partial charge in [0.05, 0.1) is 18.1 Å². The number of hydrogen-bond donors (Lipinski definition) is 0. The van der Waals surface area contributed by atoms with Crippen LogP contribution in [-0.2, 0) is 13.9 Å². The second-order valence-electron chi connectivity index (χ2n) is 6.86. The van der Waals surface area contributed by atoms with Crippen molar-refractivity contribution >= 4 is 18.6 Å². The molecule has 0 fully saturated rings. The smallest absolute Gasteiger partial charge is 0.239 e. The molecule has 27 heavy (non-hydrogen) atoms. The standard InChI is InChI=1S/C22H35O4P/c1-3-4-5-6-7-8-9-10-11-14-19-26-21-16-12-13-17-22(21)27(24,25-2)20-15-18-23/h12-13,15-17H,3-11,14,19-20H2,1-2H3. The van der Waals surface area contributed by atoms with Crippen LogP contribution in [0.3, 0.4) is 0 Å². The predicted octanol–water partition coefficient (Wildman–Crippen LogP) is 5.92. The molecule has 0 amide bonds. The molecular weight excluding hydrogens is 359 g/mol. The molecule has 0 aliphatic heterocycles. The van der Waals surface area contributed by atoms with Gasteiger partial charge in [-0.1, -0.05) is 76.8 Å². The summed E-state index contributed by atoms with van der Waals surface area (Å²) in [7, 11) is -1.73. The zero-order valence-electron chi connectivity index (χ0n) is 17.0. The van der Waals surface area contributed by atoms with Gasteiger partial charge in [-0.3, -0.25) is 4.57 Å². The number of para-hydroxylation sites is 1. The van der Waals surface area contributed by atoms with Crippen LogP contribution in [0.5, 0.6) is 5.75 Å². The first-order chi connectivity index (χ1) is 13.2. The van der Waals surface area contributed by atoms with Gasteiger partial charge in [0.1, 0.15) is 11.7 Å². The topological polar surface area (TPSA) is 52.6 Å². The third-order valence-corrected chi connectivity index (χ3v) is 7.05. The number of allylic oxidation sites excluding steroid dienone is 1. The van der Waals surface area contributed by atoms with Crippen molar-refractivity contribution in [2.24, 2.45) is 0 Å². The van der Waals surface area contributed by atoms with Crippen molar-refractivity contribution in [1.29, 1.82) is 0 Å². The fourth-order valence-electron chi connectivity index (χ4n) is 3.06. The lowest BCUT2D eigenvalue weighted by Crippen LogP contribution is -2.13. The second-order valence-corrected chi connectivity index (χ2v) is 9.42. The highest BCUT2D eigenvalue weighted by molar-refractivity contribution is 7.67.